The summed E-state index contributed by atoms with van der Waals surface area (Å²) in [6, 6.07) is 3.02. The molecule has 0 aliphatic rings. The summed E-state index contributed by atoms with van der Waals surface area (Å²) < 4.78 is 6.43. The number of methoxy groups -OCH3 is 1. The molecule has 0 aliphatic heterocycles. The van der Waals surface area contributed by atoms with E-state index in [9.17, 15) is 9.59 Å². The highest BCUT2D eigenvalue weighted by molar-refractivity contribution is 5.92. The molecule has 106 valence electrons. The van der Waals surface area contributed by atoms with Crippen LogP contribution in [-0.2, 0) is 16.1 Å². The minimum atomic E-state index is -0.209. The Morgan fingerprint density at radius 2 is 2.26 bits per heavy atom. The summed E-state index contributed by atoms with van der Waals surface area (Å²) in [5, 5.41) is 2.77. The number of hydrogen-bond acceptors (Lipinski definition) is 4. The average Bonchev–Trinajstić information content (AvgIpc) is 2.40. The monoisotopic (exact) mass is 267 g/mol. The highest BCUT2D eigenvalue weighted by Gasteiger charge is 2.14. The number of ether oxygens (including phenoxy) is 1. The van der Waals surface area contributed by atoms with Crippen molar-refractivity contribution in [2.24, 2.45) is 11.7 Å². The molecular formula is C13H21N3O3. The van der Waals surface area contributed by atoms with Gasteiger partial charge in [-0.05, 0) is 12.5 Å². The van der Waals surface area contributed by atoms with E-state index in [1.165, 1.54) is 10.6 Å². The Kier molecular flexibility index (Phi) is 6.24. The van der Waals surface area contributed by atoms with Crippen LogP contribution in [-0.4, -0.2) is 30.7 Å². The fraction of sp³-hybridized carbons (Fsp3) is 0.538. The molecule has 6 heteroatoms. The van der Waals surface area contributed by atoms with Crippen LogP contribution < -0.4 is 16.6 Å². The van der Waals surface area contributed by atoms with Gasteiger partial charge in [0.25, 0.3) is 5.56 Å². The van der Waals surface area contributed by atoms with Crippen molar-refractivity contribution < 1.29 is 9.53 Å². The molecule has 1 heterocycles. The molecule has 0 aliphatic carbocycles. The number of hydrogen-bond donors (Lipinski definition) is 2. The fourth-order valence-electron chi connectivity index (χ4n) is 1.67. The zero-order valence-corrected chi connectivity index (χ0v) is 11.4. The molecule has 1 amide bonds. The van der Waals surface area contributed by atoms with Gasteiger partial charge in [-0.15, -0.1) is 0 Å². The molecule has 1 aromatic heterocycles. The van der Waals surface area contributed by atoms with Crippen LogP contribution in [0, 0.1) is 5.92 Å². The number of rotatable bonds is 7. The van der Waals surface area contributed by atoms with Gasteiger partial charge >= 0.3 is 0 Å². The quantitative estimate of drug-likeness (QED) is 0.749. The maximum atomic E-state index is 11.9. The van der Waals surface area contributed by atoms with E-state index < -0.39 is 0 Å². The van der Waals surface area contributed by atoms with Crippen LogP contribution in [0.4, 0.5) is 5.69 Å². The number of amides is 1. The Morgan fingerprint density at radius 1 is 1.53 bits per heavy atom. The molecule has 0 bridgehead atoms. The highest BCUT2D eigenvalue weighted by Crippen LogP contribution is 2.08. The Bertz CT molecular complexity index is 466. The number of nitrogens with one attached hydrogen (secondary N) is 1. The van der Waals surface area contributed by atoms with Crippen LogP contribution in [0.15, 0.2) is 23.1 Å². The number of carbonyl (C=O) groups excluding carboxylic acids is 1. The van der Waals surface area contributed by atoms with Crippen LogP contribution in [0.25, 0.3) is 0 Å². The molecule has 0 saturated carbocycles. The number of anilines is 1. The van der Waals surface area contributed by atoms with Gasteiger partial charge in [0, 0.05) is 32.5 Å². The first-order chi connectivity index (χ1) is 9.12. The van der Waals surface area contributed by atoms with Crippen molar-refractivity contribution in [2.45, 2.75) is 19.9 Å². The van der Waals surface area contributed by atoms with Crippen LogP contribution >= 0.6 is 0 Å². The zero-order chi connectivity index (χ0) is 14.3. The van der Waals surface area contributed by atoms with Gasteiger partial charge in [0.05, 0.1) is 18.2 Å². The number of aromatic nitrogens is 1. The van der Waals surface area contributed by atoms with Gasteiger partial charge in [0.1, 0.15) is 0 Å². The first kappa shape index (κ1) is 15.4. The second-order valence-electron chi connectivity index (χ2n) is 4.27. The third kappa shape index (κ3) is 4.50. The molecule has 1 aromatic rings. The Labute approximate surface area is 112 Å². The molecule has 1 rings (SSSR count). The Morgan fingerprint density at radius 3 is 2.84 bits per heavy atom. The number of carbonyl (C=O) groups is 1. The second kappa shape index (κ2) is 7.70. The smallest absolute Gasteiger partial charge is 0.250 e. The summed E-state index contributed by atoms with van der Waals surface area (Å²) in [7, 11) is 1.57. The molecule has 0 spiro atoms. The SMILES string of the molecule is CCC(CN)C(=O)Nc1ccc(=O)n(CCOC)c1. The van der Waals surface area contributed by atoms with Gasteiger partial charge in [0.15, 0.2) is 0 Å². The summed E-state index contributed by atoms with van der Waals surface area (Å²) in [5.74, 6) is -0.332. The van der Waals surface area contributed by atoms with Gasteiger partial charge in [-0.1, -0.05) is 6.92 Å². The van der Waals surface area contributed by atoms with Gasteiger partial charge < -0.3 is 20.4 Å². The fourth-order valence-corrected chi connectivity index (χ4v) is 1.67. The third-order valence-corrected chi connectivity index (χ3v) is 2.94. The predicted molar refractivity (Wildman–Crippen MR) is 74.0 cm³/mol. The van der Waals surface area contributed by atoms with Crippen LogP contribution in [0.1, 0.15) is 13.3 Å². The van der Waals surface area contributed by atoms with Gasteiger partial charge in [-0.2, -0.15) is 0 Å². The molecule has 0 radical (unpaired) electrons. The molecule has 1 unspecified atom stereocenters. The lowest BCUT2D eigenvalue weighted by Crippen LogP contribution is -2.29. The molecule has 0 saturated heterocycles. The maximum Gasteiger partial charge on any atom is 0.250 e. The molecule has 1 atom stereocenters. The van der Waals surface area contributed by atoms with Crippen LogP contribution in [0.3, 0.4) is 0 Å². The summed E-state index contributed by atoms with van der Waals surface area (Å²) in [4.78, 5) is 23.5. The Balaban J connectivity index is 2.79. The highest BCUT2D eigenvalue weighted by atomic mass is 16.5. The lowest BCUT2D eigenvalue weighted by Gasteiger charge is -2.13. The minimum Gasteiger partial charge on any atom is -0.383 e. The van der Waals surface area contributed by atoms with E-state index >= 15 is 0 Å². The van der Waals surface area contributed by atoms with Crippen LogP contribution in [0.2, 0.25) is 0 Å². The van der Waals surface area contributed by atoms with E-state index in [0.717, 1.165) is 0 Å². The summed E-state index contributed by atoms with van der Waals surface area (Å²) in [5.41, 5.74) is 5.99. The molecule has 19 heavy (non-hydrogen) atoms. The van der Waals surface area contributed by atoms with Gasteiger partial charge in [0.2, 0.25) is 5.91 Å². The van der Waals surface area contributed by atoms with E-state index in [0.29, 0.717) is 31.8 Å². The average molecular weight is 267 g/mol. The molecular weight excluding hydrogens is 246 g/mol. The zero-order valence-electron chi connectivity index (χ0n) is 11.4. The van der Waals surface area contributed by atoms with E-state index in [2.05, 4.69) is 5.32 Å². The molecule has 0 aromatic carbocycles. The first-order valence-corrected chi connectivity index (χ1v) is 6.32. The summed E-state index contributed by atoms with van der Waals surface area (Å²) >= 11 is 0. The molecule has 0 fully saturated rings. The van der Waals surface area contributed by atoms with Crippen molar-refractivity contribution in [3.8, 4) is 0 Å². The normalized spacial score (nSPS) is 12.2. The summed E-state index contributed by atoms with van der Waals surface area (Å²) in [6.45, 7) is 3.12. The second-order valence-corrected chi connectivity index (χ2v) is 4.27. The molecule has 3 N–H and O–H groups in total. The topological polar surface area (TPSA) is 86.4 Å². The minimum absolute atomic E-state index is 0.123. The van der Waals surface area contributed by atoms with Crippen molar-refractivity contribution in [1.29, 1.82) is 0 Å². The van der Waals surface area contributed by atoms with Crippen molar-refractivity contribution in [1.82, 2.24) is 4.57 Å². The van der Waals surface area contributed by atoms with E-state index in [1.807, 2.05) is 6.92 Å². The first-order valence-electron chi connectivity index (χ1n) is 6.32. The van der Waals surface area contributed by atoms with Crippen molar-refractivity contribution in [3.63, 3.8) is 0 Å². The standard InChI is InChI=1S/C13H21N3O3/c1-3-10(8-14)13(18)15-11-4-5-12(17)16(9-11)6-7-19-2/h4-5,9-10H,3,6-8,14H2,1-2H3,(H,15,18). The lowest BCUT2D eigenvalue weighted by atomic mass is 10.1. The van der Waals surface area contributed by atoms with Gasteiger partial charge in [-0.3, -0.25) is 9.59 Å². The maximum absolute atomic E-state index is 11.9. The van der Waals surface area contributed by atoms with Crippen molar-refractivity contribution >= 4 is 11.6 Å². The summed E-state index contributed by atoms with van der Waals surface area (Å²) in [6.07, 6.45) is 2.30. The lowest BCUT2D eigenvalue weighted by molar-refractivity contribution is -0.119. The van der Waals surface area contributed by atoms with Crippen LogP contribution in [0.5, 0.6) is 0 Å². The number of nitrogens with zero attached hydrogens (tertiary/aromatic N) is 1. The van der Waals surface area contributed by atoms with Crippen molar-refractivity contribution in [2.75, 3.05) is 25.6 Å². The largest absolute Gasteiger partial charge is 0.383 e. The van der Waals surface area contributed by atoms with E-state index in [1.54, 1.807) is 19.4 Å². The Hall–Kier alpha value is -1.66. The number of nitrogens with two attached hydrogens (primary N) is 1. The van der Waals surface area contributed by atoms with E-state index in [4.69, 9.17) is 10.5 Å². The molecule has 6 nitrogen and oxygen atoms in total. The van der Waals surface area contributed by atoms with Gasteiger partial charge in [-0.25, -0.2) is 0 Å². The number of pyridine rings is 1. The predicted octanol–water partition coefficient (Wildman–Crippen LogP) is 0.418. The van der Waals surface area contributed by atoms with E-state index in [-0.39, 0.29) is 17.4 Å². The van der Waals surface area contributed by atoms with Crippen molar-refractivity contribution in [3.05, 3.63) is 28.7 Å². The third-order valence-electron chi connectivity index (χ3n) is 2.94.